The van der Waals surface area contributed by atoms with E-state index in [0.29, 0.717) is 4.90 Å². The maximum Gasteiger partial charge on any atom is 0.283 e. The van der Waals surface area contributed by atoms with E-state index in [2.05, 4.69) is 10.2 Å². The van der Waals surface area contributed by atoms with Gasteiger partial charge >= 0.3 is 0 Å². The summed E-state index contributed by atoms with van der Waals surface area (Å²) in [5, 5.41) is 14.2. The van der Waals surface area contributed by atoms with Crippen molar-refractivity contribution >= 4 is 40.6 Å². The van der Waals surface area contributed by atoms with Crippen LogP contribution in [0, 0.1) is 10.1 Å². The summed E-state index contributed by atoms with van der Waals surface area (Å²) in [7, 11) is 0. The van der Waals surface area contributed by atoms with Crippen LogP contribution in [0.4, 0.5) is 17.1 Å². The molecule has 0 aliphatic carbocycles. The summed E-state index contributed by atoms with van der Waals surface area (Å²) in [4.78, 5) is 37.1. The van der Waals surface area contributed by atoms with Crippen LogP contribution in [-0.2, 0) is 4.79 Å². The molecular weight excluding hydrogens is 404 g/mol. The van der Waals surface area contributed by atoms with Crippen molar-refractivity contribution in [3.63, 3.8) is 0 Å². The zero-order chi connectivity index (χ0) is 21.5. The molecule has 1 heterocycles. The fourth-order valence-electron chi connectivity index (χ4n) is 3.43. The van der Waals surface area contributed by atoms with Gasteiger partial charge in [-0.15, -0.1) is 11.8 Å². The molecule has 1 aliphatic heterocycles. The smallest absolute Gasteiger partial charge is 0.283 e. The van der Waals surface area contributed by atoms with Crippen LogP contribution in [0.3, 0.4) is 0 Å². The average Bonchev–Trinajstić information content (AvgIpc) is 3.02. The molecule has 0 atom stereocenters. The van der Waals surface area contributed by atoms with Gasteiger partial charge in [-0.1, -0.05) is 25.0 Å². The van der Waals surface area contributed by atoms with Gasteiger partial charge in [0.1, 0.15) is 0 Å². The average molecular weight is 429 g/mol. The molecule has 30 heavy (non-hydrogen) atoms. The zero-order valence-electron chi connectivity index (χ0n) is 16.5. The topological polar surface area (TPSA) is 119 Å². The fourth-order valence-corrected chi connectivity index (χ4v) is 4.24. The largest absolute Gasteiger partial charge is 0.370 e. The molecule has 1 aliphatic rings. The third-order valence-corrected chi connectivity index (χ3v) is 5.99. The number of nitro groups is 1. The molecule has 158 valence electrons. The van der Waals surface area contributed by atoms with Crippen molar-refractivity contribution in [2.75, 3.05) is 29.1 Å². The van der Waals surface area contributed by atoms with Crippen molar-refractivity contribution in [3.8, 4) is 0 Å². The molecule has 0 radical (unpaired) electrons. The fraction of sp³-hybridized carbons (Fsp3) is 0.333. The van der Waals surface area contributed by atoms with Crippen LogP contribution in [0.15, 0.2) is 47.4 Å². The highest BCUT2D eigenvalue weighted by atomic mass is 32.2. The van der Waals surface area contributed by atoms with Crippen LogP contribution in [0.1, 0.15) is 36.0 Å². The number of carbonyl (C=O) groups excluding carboxylic acids is 2. The number of amides is 2. The van der Waals surface area contributed by atoms with E-state index in [0.717, 1.165) is 55.1 Å². The normalized spacial score (nSPS) is 14.1. The number of hydrogen-bond donors (Lipinski definition) is 2. The first-order valence-corrected chi connectivity index (χ1v) is 10.8. The standard InChI is InChI=1S/C21H24N4O4S/c22-21(27)15-9-10-19(18(13-15)25(28)29)30-14-20(26)23-16-7-3-4-8-17(16)24-11-5-1-2-6-12-24/h3-4,7-10,13H,1-2,5-6,11-12,14H2,(H2,22,27)(H,23,26). The molecule has 0 bridgehead atoms. The van der Waals surface area contributed by atoms with Gasteiger partial charge < -0.3 is 16.0 Å². The van der Waals surface area contributed by atoms with Gasteiger partial charge in [0.25, 0.3) is 5.69 Å². The van der Waals surface area contributed by atoms with Gasteiger partial charge in [-0.2, -0.15) is 0 Å². The summed E-state index contributed by atoms with van der Waals surface area (Å²) >= 11 is 1.05. The Morgan fingerprint density at radius 2 is 1.80 bits per heavy atom. The maximum atomic E-state index is 12.6. The van der Waals surface area contributed by atoms with Gasteiger partial charge in [0, 0.05) is 24.7 Å². The highest BCUT2D eigenvalue weighted by Gasteiger charge is 2.19. The van der Waals surface area contributed by atoms with Gasteiger partial charge in [0.15, 0.2) is 0 Å². The Kier molecular flexibility index (Phi) is 7.29. The number of nitrogens with zero attached hydrogens (tertiary/aromatic N) is 2. The van der Waals surface area contributed by atoms with Crippen molar-refractivity contribution in [2.24, 2.45) is 5.73 Å². The first-order valence-electron chi connectivity index (χ1n) is 9.80. The monoisotopic (exact) mass is 428 g/mol. The minimum Gasteiger partial charge on any atom is -0.370 e. The Labute approximate surface area is 179 Å². The van der Waals surface area contributed by atoms with Crippen LogP contribution >= 0.6 is 11.8 Å². The van der Waals surface area contributed by atoms with Crippen LogP contribution in [0.25, 0.3) is 0 Å². The lowest BCUT2D eigenvalue weighted by atomic mass is 10.2. The molecule has 0 saturated carbocycles. The number of anilines is 2. The number of benzene rings is 2. The molecular formula is C21H24N4O4S. The second-order valence-electron chi connectivity index (χ2n) is 7.06. The number of nitrogens with one attached hydrogen (secondary N) is 1. The summed E-state index contributed by atoms with van der Waals surface area (Å²) in [5.74, 6) is -0.987. The van der Waals surface area contributed by atoms with Crippen molar-refractivity contribution in [3.05, 3.63) is 58.1 Å². The first kappa shape index (κ1) is 21.6. The molecule has 2 aromatic rings. The molecule has 3 N–H and O–H groups in total. The molecule has 2 amide bonds. The molecule has 0 spiro atoms. The summed E-state index contributed by atoms with van der Waals surface area (Å²) in [5.41, 5.74) is 6.74. The summed E-state index contributed by atoms with van der Waals surface area (Å²) in [6.45, 7) is 1.92. The van der Waals surface area contributed by atoms with E-state index in [1.165, 1.54) is 25.0 Å². The van der Waals surface area contributed by atoms with Crippen molar-refractivity contribution in [1.29, 1.82) is 0 Å². The molecule has 8 nitrogen and oxygen atoms in total. The Morgan fingerprint density at radius 1 is 1.10 bits per heavy atom. The number of thioether (sulfide) groups is 1. The van der Waals surface area contributed by atoms with E-state index in [1.807, 2.05) is 24.3 Å². The third kappa shape index (κ3) is 5.50. The number of rotatable bonds is 7. The van der Waals surface area contributed by atoms with Gasteiger partial charge in [-0.3, -0.25) is 19.7 Å². The molecule has 2 aromatic carbocycles. The Morgan fingerprint density at radius 3 is 2.47 bits per heavy atom. The van der Waals surface area contributed by atoms with E-state index in [-0.39, 0.29) is 22.9 Å². The number of nitro benzene ring substituents is 1. The molecule has 0 unspecified atom stereocenters. The van der Waals surface area contributed by atoms with E-state index in [9.17, 15) is 19.7 Å². The Bertz CT molecular complexity index is 942. The predicted molar refractivity (Wildman–Crippen MR) is 118 cm³/mol. The predicted octanol–water partition coefficient (Wildman–Crippen LogP) is 3.80. The lowest BCUT2D eigenvalue weighted by molar-refractivity contribution is -0.387. The Hall–Kier alpha value is -3.07. The number of nitrogens with two attached hydrogens (primary N) is 1. The maximum absolute atomic E-state index is 12.6. The summed E-state index contributed by atoms with van der Waals surface area (Å²) in [6.07, 6.45) is 4.69. The van der Waals surface area contributed by atoms with Crippen LogP contribution in [0.5, 0.6) is 0 Å². The van der Waals surface area contributed by atoms with Crippen molar-refractivity contribution < 1.29 is 14.5 Å². The molecule has 1 fully saturated rings. The SMILES string of the molecule is NC(=O)c1ccc(SCC(=O)Nc2ccccc2N2CCCCCC2)c([N+](=O)[O-])c1. The second kappa shape index (κ2) is 10.1. The van der Waals surface area contributed by atoms with Gasteiger partial charge in [-0.25, -0.2) is 0 Å². The Balaban J connectivity index is 1.68. The molecule has 9 heteroatoms. The molecule has 0 aromatic heterocycles. The lowest BCUT2D eigenvalue weighted by Gasteiger charge is -2.25. The minimum absolute atomic E-state index is 0.00505. The quantitative estimate of drug-likeness (QED) is 0.393. The van der Waals surface area contributed by atoms with E-state index < -0.39 is 10.8 Å². The van der Waals surface area contributed by atoms with E-state index in [4.69, 9.17) is 5.73 Å². The molecule has 1 saturated heterocycles. The first-order chi connectivity index (χ1) is 14.5. The number of para-hydroxylation sites is 2. The highest BCUT2D eigenvalue weighted by Crippen LogP contribution is 2.31. The van der Waals surface area contributed by atoms with E-state index >= 15 is 0 Å². The number of carbonyl (C=O) groups is 2. The second-order valence-corrected chi connectivity index (χ2v) is 8.08. The zero-order valence-corrected chi connectivity index (χ0v) is 17.3. The minimum atomic E-state index is -0.738. The van der Waals surface area contributed by atoms with Crippen LogP contribution in [-0.4, -0.2) is 35.6 Å². The lowest BCUT2D eigenvalue weighted by Crippen LogP contribution is -2.26. The summed E-state index contributed by atoms with van der Waals surface area (Å²) in [6, 6.07) is 11.7. The van der Waals surface area contributed by atoms with Crippen LogP contribution in [0.2, 0.25) is 0 Å². The highest BCUT2D eigenvalue weighted by molar-refractivity contribution is 8.00. The summed E-state index contributed by atoms with van der Waals surface area (Å²) < 4.78 is 0. The van der Waals surface area contributed by atoms with E-state index in [1.54, 1.807) is 0 Å². The van der Waals surface area contributed by atoms with Gasteiger partial charge in [-0.05, 0) is 37.1 Å². The molecule has 3 rings (SSSR count). The number of primary amides is 1. The van der Waals surface area contributed by atoms with Crippen molar-refractivity contribution in [1.82, 2.24) is 0 Å². The third-order valence-electron chi connectivity index (χ3n) is 4.92. The van der Waals surface area contributed by atoms with Crippen molar-refractivity contribution in [2.45, 2.75) is 30.6 Å². The number of hydrogen-bond acceptors (Lipinski definition) is 6. The van der Waals surface area contributed by atoms with Gasteiger partial charge in [0.05, 0.1) is 26.9 Å². The van der Waals surface area contributed by atoms with Crippen LogP contribution < -0.4 is 16.0 Å². The van der Waals surface area contributed by atoms with Gasteiger partial charge in [0.2, 0.25) is 11.8 Å².